The quantitative estimate of drug-likeness (QED) is 0.720. The molecule has 0 spiro atoms. The second-order valence-electron chi connectivity index (χ2n) is 3.93. The number of nitrogen functional groups attached to an aromatic ring is 1. The molecule has 0 heterocycles. The average molecular weight is 192 g/mol. The standard InChI is InChI=1S/C12H20N2/c1-4-9(2)8-14-11-7-5-6-10(3)12(11)13/h5-7,9,14H,4,8,13H2,1-3H3. The molecule has 0 amide bonds. The number of nitrogens with two attached hydrogens (primary N) is 1. The second-order valence-corrected chi connectivity index (χ2v) is 3.93. The van der Waals surface area contributed by atoms with Gasteiger partial charge in [0, 0.05) is 6.54 Å². The van der Waals surface area contributed by atoms with Gasteiger partial charge in [-0.2, -0.15) is 0 Å². The monoisotopic (exact) mass is 192 g/mol. The molecule has 0 saturated heterocycles. The van der Waals surface area contributed by atoms with E-state index in [0.29, 0.717) is 5.92 Å². The highest BCUT2D eigenvalue weighted by Gasteiger charge is 2.02. The van der Waals surface area contributed by atoms with Crippen LogP contribution in [0.25, 0.3) is 0 Å². The smallest absolute Gasteiger partial charge is 0.0579 e. The van der Waals surface area contributed by atoms with Crippen LogP contribution >= 0.6 is 0 Å². The van der Waals surface area contributed by atoms with Gasteiger partial charge in [-0.25, -0.2) is 0 Å². The summed E-state index contributed by atoms with van der Waals surface area (Å²) in [6.45, 7) is 7.46. The highest BCUT2D eigenvalue weighted by molar-refractivity contribution is 5.69. The lowest BCUT2D eigenvalue weighted by Crippen LogP contribution is -2.11. The van der Waals surface area contributed by atoms with Crippen molar-refractivity contribution < 1.29 is 0 Å². The Kier molecular flexibility index (Phi) is 3.81. The number of hydrogen-bond donors (Lipinski definition) is 2. The van der Waals surface area contributed by atoms with Crippen LogP contribution in [0.2, 0.25) is 0 Å². The summed E-state index contributed by atoms with van der Waals surface area (Å²) >= 11 is 0. The van der Waals surface area contributed by atoms with Crippen molar-refractivity contribution in [1.82, 2.24) is 0 Å². The Hall–Kier alpha value is -1.18. The fourth-order valence-electron chi connectivity index (χ4n) is 1.26. The Labute approximate surface area is 86.5 Å². The van der Waals surface area contributed by atoms with Crippen LogP contribution in [0.3, 0.4) is 0 Å². The van der Waals surface area contributed by atoms with Gasteiger partial charge in [-0.05, 0) is 24.5 Å². The Bertz CT molecular complexity index is 294. The molecule has 1 unspecified atom stereocenters. The molecule has 0 bridgehead atoms. The van der Waals surface area contributed by atoms with Crippen LogP contribution in [-0.2, 0) is 0 Å². The van der Waals surface area contributed by atoms with Crippen LogP contribution < -0.4 is 11.1 Å². The predicted octanol–water partition coefficient (Wildman–Crippen LogP) is 3.04. The highest BCUT2D eigenvalue weighted by atomic mass is 14.9. The molecule has 0 aliphatic rings. The second kappa shape index (κ2) is 4.89. The van der Waals surface area contributed by atoms with E-state index in [-0.39, 0.29) is 0 Å². The number of rotatable bonds is 4. The molecule has 2 nitrogen and oxygen atoms in total. The van der Waals surface area contributed by atoms with Crippen molar-refractivity contribution in [3.05, 3.63) is 23.8 Å². The van der Waals surface area contributed by atoms with Gasteiger partial charge in [0.25, 0.3) is 0 Å². The molecule has 3 N–H and O–H groups in total. The van der Waals surface area contributed by atoms with Crippen LogP contribution in [-0.4, -0.2) is 6.54 Å². The van der Waals surface area contributed by atoms with Gasteiger partial charge < -0.3 is 11.1 Å². The minimum atomic E-state index is 0.690. The van der Waals surface area contributed by atoms with Crippen LogP contribution in [0.1, 0.15) is 25.8 Å². The van der Waals surface area contributed by atoms with Gasteiger partial charge in [0.05, 0.1) is 11.4 Å². The summed E-state index contributed by atoms with van der Waals surface area (Å²) in [6.07, 6.45) is 1.19. The molecule has 0 aliphatic carbocycles. The minimum absolute atomic E-state index is 0.690. The summed E-state index contributed by atoms with van der Waals surface area (Å²) in [5, 5.41) is 3.38. The molecule has 78 valence electrons. The number of aryl methyl sites for hydroxylation is 1. The van der Waals surface area contributed by atoms with E-state index in [9.17, 15) is 0 Å². The van der Waals surface area contributed by atoms with Crippen molar-refractivity contribution in [2.75, 3.05) is 17.6 Å². The van der Waals surface area contributed by atoms with Gasteiger partial charge in [-0.1, -0.05) is 32.4 Å². The molecular formula is C12H20N2. The first-order valence-corrected chi connectivity index (χ1v) is 5.24. The summed E-state index contributed by atoms with van der Waals surface area (Å²) < 4.78 is 0. The first-order chi connectivity index (χ1) is 6.65. The van der Waals surface area contributed by atoms with E-state index < -0.39 is 0 Å². The number of nitrogens with one attached hydrogen (secondary N) is 1. The summed E-state index contributed by atoms with van der Waals surface area (Å²) in [4.78, 5) is 0. The average Bonchev–Trinajstić information content (AvgIpc) is 2.20. The molecule has 0 aromatic heterocycles. The molecule has 2 heteroatoms. The molecule has 0 fully saturated rings. The summed E-state index contributed by atoms with van der Waals surface area (Å²) in [6, 6.07) is 6.10. The third-order valence-electron chi connectivity index (χ3n) is 2.66. The lowest BCUT2D eigenvalue weighted by molar-refractivity contribution is 0.593. The van der Waals surface area contributed by atoms with Gasteiger partial charge in [0.1, 0.15) is 0 Å². The molecule has 14 heavy (non-hydrogen) atoms. The van der Waals surface area contributed by atoms with Crippen molar-refractivity contribution in [2.45, 2.75) is 27.2 Å². The molecule has 1 aromatic carbocycles. The van der Waals surface area contributed by atoms with E-state index in [2.05, 4.69) is 19.2 Å². The zero-order chi connectivity index (χ0) is 10.6. The number of anilines is 2. The third-order valence-corrected chi connectivity index (χ3v) is 2.66. The van der Waals surface area contributed by atoms with Gasteiger partial charge >= 0.3 is 0 Å². The maximum absolute atomic E-state index is 5.95. The van der Waals surface area contributed by atoms with Gasteiger partial charge in [-0.3, -0.25) is 0 Å². The van der Waals surface area contributed by atoms with E-state index in [0.717, 1.165) is 23.5 Å². The molecule has 1 aromatic rings. The fourth-order valence-corrected chi connectivity index (χ4v) is 1.26. The van der Waals surface area contributed by atoms with Gasteiger partial charge in [-0.15, -0.1) is 0 Å². The maximum Gasteiger partial charge on any atom is 0.0579 e. The summed E-state index contributed by atoms with van der Waals surface area (Å²) in [5.74, 6) is 0.690. The number of hydrogen-bond acceptors (Lipinski definition) is 2. The molecule has 1 atom stereocenters. The van der Waals surface area contributed by atoms with E-state index in [4.69, 9.17) is 5.73 Å². The Morgan fingerprint density at radius 1 is 1.43 bits per heavy atom. The van der Waals surface area contributed by atoms with Crippen molar-refractivity contribution in [3.63, 3.8) is 0 Å². The van der Waals surface area contributed by atoms with Gasteiger partial charge in [0.2, 0.25) is 0 Å². The molecule has 1 rings (SSSR count). The Morgan fingerprint density at radius 3 is 2.79 bits per heavy atom. The first-order valence-electron chi connectivity index (χ1n) is 5.24. The van der Waals surface area contributed by atoms with Crippen molar-refractivity contribution in [1.29, 1.82) is 0 Å². The summed E-state index contributed by atoms with van der Waals surface area (Å²) in [5.41, 5.74) is 9.02. The zero-order valence-electron chi connectivity index (χ0n) is 9.30. The highest BCUT2D eigenvalue weighted by Crippen LogP contribution is 2.22. The van der Waals surface area contributed by atoms with Crippen molar-refractivity contribution >= 4 is 11.4 Å². The normalized spacial score (nSPS) is 12.5. The Morgan fingerprint density at radius 2 is 2.14 bits per heavy atom. The van der Waals surface area contributed by atoms with E-state index in [1.54, 1.807) is 0 Å². The van der Waals surface area contributed by atoms with Crippen LogP contribution in [0.15, 0.2) is 18.2 Å². The first kappa shape index (κ1) is 10.9. The molecule has 0 aliphatic heterocycles. The zero-order valence-corrected chi connectivity index (χ0v) is 9.30. The minimum Gasteiger partial charge on any atom is -0.397 e. The van der Waals surface area contributed by atoms with E-state index in [1.165, 1.54) is 6.42 Å². The lowest BCUT2D eigenvalue weighted by atomic mass is 10.1. The third kappa shape index (κ3) is 2.66. The molecular weight excluding hydrogens is 172 g/mol. The topological polar surface area (TPSA) is 38.0 Å². The molecule has 0 radical (unpaired) electrons. The van der Waals surface area contributed by atoms with E-state index >= 15 is 0 Å². The van der Waals surface area contributed by atoms with Crippen LogP contribution in [0.5, 0.6) is 0 Å². The number of benzene rings is 1. The maximum atomic E-state index is 5.95. The molecule has 0 saturated carbocycles. The van der Waals surface area contributed by atoms with Crippen LogP contribution in [0.4, 0.5) is 11.4 Å². The SMILES string of the molecule is CCC(C)CNc1cccc(C)c1N. The largest absolute Gasteiger partial charge is 0.397 e. The van der Waals surface area contributed by atoms with E-state index in [1.807, 2.05) is 25.1 Å². The Balaban J connectivity index is 2.63. The summed E-state index contributed by atoms with van der Waals surface area (Å²) in [7, 11) is 0. The van der Waals surface area contributed by atoms with Crippen molar-refractivity contribution in [3.8, 4) is 0 Å². The van der Waals surface area contributed by atoms with Crippen molar-refractivity contribution in [2.24, 2.45) is 5.92 Å². The number of para-hydroxylation sites is 1. The van der Waals surface area contributed by atoms with Crippen LogP contribution in [0, 0.1) is 12.8 Å². The predicted molar refractivity (Wildman–Crippen MR) is 63.5 cm³/mol. The van der Waals surface area contributed by atoms with Gasteiger partial charge in [0.15, 0.2) is 0 Å². The fraction of sp³-hybridized carbons (Fsp3) is 0.500. The lowest BCUT2D eigenvalue weighted by Gasteiger charge is -2.14.